The van der Waals surface area contributed by atoms with Crippen LogP contribution in [-0.4, -0.2) is 24.2 Å². The largest absolute Gasteiger partial charge is 0.486 e. The standard InChI is InChI=1S/C18H14BrNO4S2/c19-14-7-16-15(22-2-3-23-16)5-12(14)8-24-17(21)6-13-10-26-18(20-13)11-1-4-25-9-11/h1,4-5,7,9-10H,2-3,6,8H2. The van der Waals surface area contributed by atoms with Gasteiger partial charge in [0, 0.05) is 26.4 Å². The van der Waals surface area contributed by atoms with Crippen molar-refractivity contribution in [3.63, 3.8) is 0 Å². The van der Waals surface area contributed by atoms with Crippen molar-refractivity contribution in [1.29, 1.82) is 0 Å². The highest BCUT2D eigenvalue weighted by Crippen LogP contribution is 2.35. The molecule has 0 saturated heterocycles. The van der Waals surface area contributed by atoms with E-state index in [0.717, 1.165) is 26.3 Å². The van der Waals surface area contributed by atoms with Crippen molar-refractivity contribution < 1.29 is 19.0 Å². The SMILES string of the molecule is O=C(Cc1csc(-c2ccsc2)n1)OCc1cc2c(cc1Br)OCCO2. The number of benzene rings is 1. The van der Waals surface area contributed by atoms with Crippen LogP contribution in [0.2, 0.25) is 0 Å². The average molecular weight is 452 g/mol. The summed E-state index contributed by atoms with van der Waals surface area (Å²) in [5.74, 6) is 1.06. The number of thiazole rings is 1. The van der Waals surface area contributed by atoms with Gasteiger partial charge in [-0.2, -0.15) is 11.3 Å². The number of aromatic nitrogens is 1. The lowest BCUT2D eigenvalue weighted by Crippen LogP contribution is -2.16. The first kappa shape index (κ1) is 17.5. The van der Waals surface area contributed by atoms with Gasteiger partial charge in [-0.25, -0.2) is 4.98 Å². The number of thiophene rings is 1. The molecule has 0 spiro atoms. The van der Waals surface area contributed by atoms with E-state index in [1.54, 1.807) is 11.3 Å². The average Bonchev–Trinajstić information content (AvgIpc) is 3.31. The molecule has 5 nitrogen and oxygen atoms in total. The molecule has 0 fully saturated rings. The molecule has 3 heterocycles. The van der Waals surface area contributed by atoms with Crippen LogP contribution in [0.5, 0.6) is 11.5 Å². The van der Waals surface area contributed by atoms with Gasteiger partial charge >= 0.3 is 5.97 Å². The van der Waals surface area contributed by atoms with Crippen molar-refractivity contribution in [3.05, 3.63) is 50.1 Å². The first-order valence-electron chi connectivity index (χ1n) is 7.89. The maximum atomic E-state index is 12.2. The second-order valence-electron chi connectivity index (χ2n) is 5.58. The van der Waals surface area contributed by atoms with Crippen LogP contribution < -0.4 is 9.47 Å². The molecular formula is C18H14BrNO4S2. The number of esters is 1. The number of hydrogen-bond acceptors (Lipinski definition) is 7. The molecule has 1 aliphatic rings. The third-order valence-electron chi connectivity index (χ3n) is 3.75. The van der Waals surface area contributed by atoms with Crippen LogP contribution in [0.25, 0.3) is 10.6 Å². The summed E-state index contributed by atoms with van der Waals surface area (Å²) in [6, 6.07) is 5.69. The Labute approximate surface area is 166 Å². The van der Waals surface area contributed by atoms with Gasteiger partial charge in [-0.05, 0) is 23.6 Å². The number of rotatable bonds is 5. The van der Waals surface area contributed by atoms with E-state index in [2.05, 4.69) is 20.9 Å². The smallest absolute Gasteiger partial charge is 0.312 e. The summed E-state index contributed by atoms with van der Waals surface area (Å²) in [4.78, 5) is 16.7. The number of carbonyl (C=O) groups excluding carboxylic acids is 1. The number of carbonyl (C=O) groups is 1. The summed E-state index contributed by atoms with van der Waals surface area (Å²) in [6.45, 7) is 1.22. The summed E-state index contributed by atoms with van der Waals surface area (Å²) in [5.41, 5.74) is 2.64. The monoisotopic (exact) mass is 451 g/mol. The third kappa shape index (κ3) is 3.92. The number of nitrogens with zero attached hydrogens (tertiary/aromatic N) is 1. The fourth-order valence-electron chi connectivity index (χ4n) is 2.48. The lowest BCUT2D eigenvalue weighted by Gasteiger charge is -2.19. The van der Waals surface area contributed by atoms with Crippen molar-refractivity contribution in [2.45, 2.75) is 13.0 Å². The molecule has 1 aliphatic heterocycles. The second-order valence-corrected chi connectivity index (χ2v) is 8.07. The number of hydrogen-bond donors (Lipinski definition) is 0. The van der Waals surface area contributed by atoms with Gasteiger partial charge in [0.25, 0.3) is 0 Å². The summed E-state index contributed by atoms with van der Waals surface area (Å²) in [5, 5.41) is 6.87. The highest BCUT2D eigenvalue weighted by molar-refractivity contribution is 9.10. The summed E-state index contributed by atoms with van der Waals surface area (Å²) >= 11 is 6.64. The fourth-order valence-corrected chi connectivity index (χ4v) is 4.45. The number of ether oxygens (including phenoxy) is 3. The van der Waals surface area contributed by atoms with Gasteiger partial charge in [-0.15, -0.1) is 11.3 Å². The first-order valence-corrected chi connectivity index (χ1v) is 10.5. The van der Waals surface area contributed by atoms with Gasteiger partial charge in [0.15, 0.2) is 11.5 Å². The van der Waals surface area contributed by atoms with E-state index in [0.29, 0.717) is 24.7 Å². The molecule has 0 bridgehead atoms. The summed E-state index contributed by atoms with van der Waals surface area (Å²) in [6.07, 6.45) is 0.156. The van der Waals surface area contributed by atoms with Crippen LogP contribution in [0.1, 0.15) is 11.3 Å². The van der Waals surface area contributed by atoms with E-state index in [1.807, 2.05) is 34.3 Å². The maximum absolute atomic E-state index is 12.2. The molecule has 3 aromatic rings. The normalized spacial score (nSPS) is 12.8. The van der Waals surface area contributed by atoms with Gasteiger partial charge in [0.05, 0.1) is 12.1 Å². The zero-order valence-corrected chi connectivity index (χ0v) is 16.8. The molecule has 0 N–H and O–H groups in total. The minimum absolute atomic E-state index is 0.156. The van der Waals surface area contributed by atoms with Crippen LogP contribution >= 0.6 is 38.6 Å². The molecule has 134 valence electrons. The molecule has 26 heavy (non-hydrogen) atoms. The Bertz CT molecular complexity index is 923. The Balaban J connectivity index is 1.37. The van der Waals surface area contributed by atoms with Gasteiger partial charge < -0.3 is 14.2 Å². The van der Waals surface area contributed by atoms with E-state index in [-0.39, 0.29) is 19.0 Å². The Morgan fingerprint density at radius 2 is 2.04 bits per heavy atom. The van der Waals surface area contributed by atoms with Crippen LogP contribution in [0.4, 0.5) is 0 Å². The molecule has 4 rings (SSSR count). The van der Waals surface area contributed by atoms with E-state index in [4.69, 9.17) is 14.2 Å². The van der Waals surface area contributed by atoms with Crippen LogP contribution in [0, 0.1) is 0 Å². The maximum Gasteiger partial charge on any atom is 0.312 e. The van der Waals surface area contributed by atoms with Gasteiger partial charge in [0.2, 0.25) is 0 Å². The van der Waals surface area contributed by atoms with Crippen molar-refractivity contribution >= 4 is 44.6 Å². The van der Waals surface area contributed by atoms with E-state index in [9.17, 15) is 4.79 Å². The van der Waals surface area contributed by atoms with Crippen LogP contribution in [0.3, 0.4) is 0 Å². The summed E-state index contributed by atoms with van der Waals surface area (Å²) < 4.78 is 17.3. The highest BCUT2D eigenvalue weighted by atomic mass is 79.9. The van der Waals surface area contributed by atoms with Crippen LogP contribution in [0.15, 0.2) is 38.8 Å². The zero-order valence-electron chi connectivity index (χ0n) is 13.6. The van der Waals surface area contributed by atoms with Crippen LogP contribution in [-0.2, 0) is 22.6 Å². The molecule has 0 aliphatic carbocycles. The molecule has 2 aromatic heterocycles. The van der Waals surface area contributed by atoms with E-state index in [1.165, 1.54) is 11.3 Å². The number of fused-ring (bicyclic) bond motifs is 1. The molecule has 0 atom stereocenters. The van der Waals surface area contributed by atoms with Gasteiger partial charge in [-0.1, -0.05) is 15.9 Å². The quantitative estimate of drug-likeness (QED) is 0.526. The number of halogens is 1. The Kier molecular flexibility index (Phi) is 5.23. The second kappa shape index (κ2) is 7.77. The highest BCUT2D eigenvalue weighted by Gasteiger charge is 2.16. The molecule has 0 amide bonds. The Morgan fingerprint density at radius 1 is 1.23 bits per heavy atom. The summed E-state index contributed by atoms with van der Waals surface area (Å²) in [7, 11) is 0. The topological polar surface area (TPSA) is 57.7 Å². The van der Waals surface area contributed by atoms with Gasteiger partial charge in [0.1, 0.15) is 24.8 Å². The van der Waals surface area contributed by atoms with Crippen molar-refractivity contribution in [2.75, 3.05) is 13.2 Å². The van der Waals surface area contributed by atoms with Crippen molar-refractivity contribution in [2.24, 2.45) is 0 Å². The predicted molar refractivity (Wildman–Crippen MR) is 104 cm³/mol. The molecule has 0 saturated carbocycles. The Hall–Kier alpha value is -1.90. The lowest BCUT2D eigenvalue weighted by molar-refractivity contribution is -0.144. The molecule has 1 aromatic carbocycles. The van der Waals surface area contributed by atoms with Crippen molar-refractivity contribution in [3.8, 4) is 22.1 Å². The first-order chi connectivity index (χ1) is 12.7. The van der Waals surface area contributed by atoms with E-state index >= 15 is 0 Å². The minimum atomic E-state index is -0.311. The minimum Gasteiger partial charge on any atom is -0.486 e. The molecule has 8 heteroatoms. The molecule has 0 unspecified atom stereocenters. The van der Waals surface area contributed by atoms with Gasteiger partial charge in [-0.3, -0.25) is 4.79 Å². The van der Waals surface area contributed by atoms with E-state index < -0.39 is 0 Å². The molecule has 0 radical (unpaired) electrons. The fraction of sp³-hybridized carbons (Fsp3) is 0.222. The predicted octanol–water partition coefficient (Wildman–Crippen LogP) is 4.69. The lowest BCUT2D eigenvalue weighted by atomic mass is 10.2. The van der Waals surface area contributed by atoms with Crippen molar-refractivity contribution in [1.82, 2.24) is 4.98 Å². The molecular weight excluding hydrogens is 438 g/mol. The third-order valence-corrected chi connectivity index (χ3v) is 6.11. The zero-order chi connectivity index (χ0) is 17.9. The Morgan fingerprint density at radius 3 is 2.81 bits per heavy atom.